The van der Waals surface area contributed by atoms with Gasteiger partial charge in [-0.3, -0.25) is 9.78 Å². The van der Waals surface area contributed by atoms with Crippen LogP contribution in [-0.4, -0.2) is 19.2 Å². The van der Waals surface area contributed by atoms with E-state index in [1.807, 2.05) is 18.2 Å². The van der Waals surface area contributed by atoms with Crippen LogP contribution in [0.2, 0.25) is 18.1 Å². The first-order valence-electron chi connectivity index (χ1n) is 8.25. The second kappa shape index (κ2) is 7.80. The van der Waals surface area contributed by atoms with Gasteiger partial charge in [0.15, 0.2) is 8.32 Å². The lowest BCUT2D eigenvalue weighted by molar-refractivity contribution is 0.102. The number of carbonyl (C=O) groups excluding carboxylic acids is 1. The van der Waals surface area contributed by atoms with Crippen LogP contribution in [0.5, 0.6) is 0 Å². The molecule has 2 rings (SSSR count). The lowest BCUT2D eigenvalue weighted by Gasteiger charge is -2.36. The molecule has 134 valence electrons. The minimum Gasteiger partial charge on any atom is -0.412 e. The number of pyridine rings is 1. The molecule has 0 aliphatic rings. The number of halogens is 1. The molecular weight excluding hydrogens is 396 g/mol. The molecule has 2 aromatic rings. The molecule has 6 heteroatoms. The van der Waals surface area contributed by atoms with Crippen LogP contribution in [0.25, 0.3) is 0 Å². The molecular formula is C19H25BrN2O2Si. The molecule has 0 aliphatic carbocycles. The number of hydrogen-bond donors (Lipinski definition) is 1. The first kappa shape index (κ1) is 19.8. The Morgan fingerprint density at radius 1 is 1.24 bits per heavy atom. The van der Waals surface area contributed by atoms with Gasteiger partial charge in [0.25, 0.3) is 5.91 Å². The van der Waals surface area contributed by atoms with Crippen molar-refractivity contribution in [1.29, 1.82) is 0 Å². The highest BCUT2D eigenvalue weighted by Gasteiger charge is 2.37. The largest absolute Gasteiger partial charge is 0.412 e. The van der Waals surface area contributed by atoms with Gasteiger partial charge in [-0.15, -0.1) is 0 Å². The fraction of sp³-hybridized carbons (Fsp3) is 0.368. The van der Waals surface area contributed by atoms with Crippen LogP contribution in [0.15, 0.2) is 47.1 Å². The summed E-state index contributed by atoms with van der Waals surface area (Å²) in [4.78, 5) is 16.5. The summed E-state index contributed by atoms with van der Waals surface area (Å²) >= 11 is 3.47. The number of aromatic nitrogens is 1. The molecule has 0 fully saturated rings. The lowest BCUT2D eigenvalue weighted by Crippen LogP contribution is -2.40. The van der Waals surface area contributed by atoms with E-state index in [4.69, 9.17) is 4.43 Å². The molecule has 25 heavy (non-hydrogen) atoms. The van der Waals surface area contributed by atoms with Crippen molar-refractivity contribution in [3.63, 3.8) is 0 Å². The van der Waals surface area contributed by atoms with Gasteiger partial charge in [-0.05, 0) is 42.4 Å². The van der Waals surface area contributed by atoms with Gasteiger partial charge < -0.3 is 9.74 Å². The number of carbonyl (C=O) groups is 1. The fourth-order valence-electron chi connectivity index (χ4n) is 1.95. The third kappa shape index (κ3) is 5.23. The Morgan fingerprint density at radius 2 is 1.96 bits per heavy atom. The van der Waals surface area contributed by atoms with E-state index < -0.39 is 8.32 Å². The van der Waals surface area contributed by atoms with Crippen molar-refractivity contribution in [3.8, 4) is 0 Å². The summed E-state index contributed by atoms with van der Waals surface area (Å²) in [6, 6.07) is 11.1. The SMILES string of the molecule is CC(C)(C)[Si](C)(C)OCc1ccc(Br)cc1NC(=O)c1ccccn1. The molecule has 0 aliphatic heterocycles. The average molecular weight is 421 g/mol. The van der Waals surface area contributed by atoms with E-state index in [1.165, 1.54) is 0 Å². The summed E-state index contributed by atoms with van der Waals surface area (Å²) in [5.41, 5.74) is 2.08. The molecule has 4 nitrogen and oxygen atoms in total. The third-order valence-electron chi connectivity index (χ3n) is 4.61. The highest BCUT2D eigenvalue weighted by atomic mass is 79.9. The Morgan fingerprint density at radius 3 is 2.56 bits per heavy atom. The zero-order valence-corrected chi connectivity index (χ0v) is 18.0. The fourth-order valence-corrected chi connectivity index (χ4v) is 3.26. The third-order valence-corrected chi connectivity index (χ3v) is 9.58. The zero-order valence-electron chi connectivity index (χ0n) is 15.4. The number of hydrogen-bond acceptors (Lipinski definition) is 3. The maximum Gasteiger partial charge on any atom is 0.274 e. The molecule has 0 saturated heterocycles. The van der Waals surface area contributed by atoms with Gasteiger partial charge in [0.05, 0.1) is 6.61 Å². The van der Waals surface area contributed by atoms with Crippen molar-refractivity contribution in [2.45, 2.75) is 45.5 Å². The maximum atomic E-state index is 12.4. The molecule has 0 saturated carbocycles. The Bertz CT molecular complexity index is 743. The van der Waals surface area contributed by atoms with E-state index in [9.17, 15) is 4.79 Å². The van der Waals surface area contributed by atoms with E-state index in [-0.39, 0.29) is 10.9 Å². The number of nitrogens with zero attached hydrogens (tertiary/aromatic N) is 1. The smallest absolute Gasteiger partial charge is 0.274 e. The number of benzene rings is 1. The van der Waals surface area contributed by atoms with Crippen LogP contribution in [0, 0.1) is 0 Å². The average Bonchev–Trinajstić information content (AvgIpc) is 2.54. The molecule has 1 aromatic heterocycles. The first-order chi connectivity index (χ1) is 11.6. The Hall–Kier alpha value is -1.50. The van der Waals surface area contributed by atoms with Crippen molar-refractivity contribution < 1.29 is 9.22 Å². The highest BCUT2D eigenvalue weighted by molar-refractivity contribution is 9.10. The molecule has 0 radical (unpaired) electrons. The summed E-state index contributed by atoms with van der Waals surface area (Å²) in [7, 11) is -1.86. The van der Waals surface area contributed by atoms with Gasteiger partial charge in [-0.1, -0.05) is 48.8 Å². The molecule has 0 unspecified atom stereocenters. The van der Waals surface area contributed by atoms with Crippen molar-refractivity contribution in [2.75, 3.05) is 5.32 Å². The van der Waals surface area contributed by atoms with Crippen molar-refractivity contribution >= 4 is 35.8 Å². The highest BCUT2D eigenvalue weighted by Crippen LogP contribution is 2.37. The summed E-state index contributed by atoms with van der Waals surface area (Å²) in [6.07, 6.45) is 1.61. The predicted molar refractivity (Wildman–Crippen MR) is 108 cm³/mol. The van der Waals surface area contributed by atoms with Gasteiger partial charge >= 0.3 is 0 Å². The molecule has 1 N–H and O–H groups in total. The number of nitrogens with one attached hydrogen (secondary N) is 1. The summed E-state index contributed by atoms with van der Waals surface area (Å²) in [5.74, 6) is -0.229. The van der Waals surface area contributed by atoms with E-state index in [2.05, 4.69) is 60.1 Å². The van der Waals surface area contributed by atoms with Gasteiger partial charge in [0.2, 0.25) is 0 Å². The minimum atomic E-state index is -1.86. The summed E-state index contributed by atoms with van der Waals surface area (Å²) < 4.78 is 7.21. The second-order valence-corrected chi connectivity index (χ2v) is 13.2. The van der Waals surface area contributed by atoms with Gasteiger partial charge in [-0.25, -0.2) is 0 Å². The minimum absolute atomic E-state index is 0.139. The number of anilines is 1. The summed E-state index contributed by atoms with van der Waals surface area (Å²) in [5, 5.41) is 3.09. The van der Waals surface area contributed by atoms with Crippen LogP contribution in [0.3, 0.4) is 0 Å². The van der Waals surface area contributed by atoms with Crippen LogP contribution >= 0.6 is 15.9 Å². The summed E-state index contributed by atoms with van der Waals surface area (Å²) in [6.45, 7) is 11.6. The monoisotopic (exact) mass is 420 g/mol. The van der Waals surface area contributed by atoms with Crippen LogP contribution in [-0.2, 0) is 11.0 Å². The standard InChI is InChI=1S/C19H25BrN2O2Si/c1-19(2,3)25(4,5)24-13-14-9-10-15(20)12-17(14)22-18(23)16-8-6-7-11-21-16/h6-12H,13H2,1-5H3,(H,22,23). The Kier molecular flexibility index (Phi) is 6.19. The zero-order chi connectivity index (χ0) is 18.7. The van der Waals surface area contributed by atoms with Crippen molar-refractivity contribution in [3.05, 3.63) is 58.3 Å². The van der Waals surface area contributed by atoms with Crippen LogP contribution in [0.4, 0.5) is 5.69 Å². The molecule has 0 atom stereocenters. The van der Waals surface area contributed by atoms with Gasteiger partial charge in [0, 0.05) is 21.9 Å². The Balaban J connectivity index is 2.19. The van der Waals surface area contributed by atoms with Crippen LogP contribution < -0.4 is 5.32 Å². The first-order valence-corrected chi connectivity index (χ1v) is 11.9. The number of amides is 1. The lowest BCUT2D eigenvalue weighted by atomic mass is 10.2. The van der Waals surface area contributed by atoms with Crippen molar-refractivity contribution in [1.82, 2.24) is 4.98 Å². The van der Waals surface area contributed by atoms with E-state index in [0.29, 0.717) is 12.3 Å². The van der Waals surface area contributed by atoms with E-state index >= 15 is 0 Å². The molecule has 0 spiro atoms. The Labute approximate surface area is 159 Å². The van der Waals surface area contributed by atoms with E-state index in [1.54, 1.807) is 24.4 Å². The quantitative estimate of drug-likeness (QED) is 0.638. The molecule has 1 amide bonds. The topological polar surface area (TPSA) is 51.2 Å². The predicted octanol–water partition coefficient (Wildman–Crippen LogP) is 5.62. The normalized spacial score (nSPS) is 12.1. The van der Waals surface area contributed by atoms with Gasteiger partial charge in [-0.2, -0.15) is 0 Å². The van der Waals surface area contributed by atoms with Crippen molar-refractivity contribution in [2.24, 2.45) is 0 Å². The maximum absolute atomic E-state index is 12.4. The molecule has 0 bridgehead atoms. The van der Waals surface area contributed by atoms with Crippen LogP contribution in [0.1, 0.15) is 36.8 Å². The molecule has 1 heterocycles. The van der Waals surface area contributed by atoms with Gasteiger partial charge in [0.1, 0.15) is 5.69 Å². The number of rotatable bonds is 5. The second-order valence-electron chi connectivity index (χ2n) is 7.52. The molecule has 1 aromatic carbocycles. The van der Waals surface area contributed by atoms with E-state index in [0.717, 1.165) is 15.7 Å².